The van der Waals surface area contributed by atoms with Gasteiger partial charge in [0.2, 0.25) is 11.8 Å². The second-order valence-corrected chi connectivity index (χ2v) is 8.22. The molecule has 14 heteroatoms. The van der Waals surface area contributed by atoms with E-state index in [2.05, 4.69) is 25.4 Å². The highest BCUT2D eigenvalue weighted by atomic mass is 35.5. The predicted octanol–water partition coefficient (Wildman–Crippen LogP) is 5.25. The number of esters is 1. The Morgan fingerprint density at radius 2 is 1.79 bits per heavy atom. The summed E-state index contributed by atoms with van der Waals surface area (Å²) in [6, 6.07) is 7.15. The van der Waals surface area contributed by atoms with Crippen molar-refractivity contribution in [1.29, 1.82) is 0 Å². The van der Waals surface area contributed by atoms with Crippen LogP contribution in [0.1, 0.15) is 21.7 Å². The van der Waals surface area contributed by atoms with Crippen molar-refractivity contribution in [3.63, 3.8) is 0 Å². The normalized spacial score (nSPS) is 11.3. The summed E-state index contributed by atoms with van der Waals surface area (Å²) in [7, 11) is 4.00. The lowest BCUT2D eigenvalue weighted by Gasteiger charge is -2.14. The van der Waals surface area contributed by atoms with E-state index in [9.17, 15) is 18.0 Å². The molecule has 38 heavy (non-hydrogen) atoms. The number of hydrogen-bond donors (Lipinski definition) is 1. The van der Waals surface area contributed by atoms with E-state index >= 15 is 0 Å². The van der Waals surface area contributed by atoms with Crippen LogP contribution in [0.3, 0.4) is 0 Å². The zero-order chi connectivity index (χ0) is 27.6. The Balaban J connectivity index is 1.89. The molecule has 4 aromatic rings. The van der Waals surface area contributed by atoms with E-state index < -0.39 is 17.8 Å². The first-order valence-electron chi connectivity index (χ1n) is 10.8. The molecule has 0 aliphatic carbocycles. The number of benzene rings is 1. The molecule has 0 spiro atoms. The van der Waals surface area contributed by atoms with Gasteiger partial charge in [0, 0.05) is 46.0 Å². The highest BCUT2D eigenvalue weighted by Crippen LogP contribution is 2.33. The topological polar surface area (TPSA) is 113 Å². The van der Waals surface area contributed by atoms with Gasteiger partial charge in [0.15, 0.2) is 11.5 Å². The molecule has 198 valence electrons. The molecule has 0 aliphatic heterocycles. The molecular formula is C24H20ClF3N6O4. The fourth-order valence-corrected chi connectivity index (χ4v) is 3.75. The SMILES string of the molecule is COC(=O)c1cc(-c2cnc(Nc3cc(Cl)cc(OC)c3)nc2-n2nc(C(F)(F)F)cc2C)cnc1OC. The maximum Gasteiger partial charge on any atom is 0.435 e. The molecule has 0 saturated carbocycles. The molecular weight excluding hydrogens is 529 g/mol. The first-order chi connectivity index (χ1) is 18.0. The van der Waals surface area contributed by atoms with Crippen molar-refractivity contribution in [1.82, 2.24) is 24.7 Å². The average molecular weight is 549 g/mol. The molecule has 0 saturated heterocycles. The zero-order valence-electron chi connectivity index (χ0n) is 20.4. The molecule has 0 bridgehead atoms. The van der Waals surface area contributed by atoms with Crippen LogP contribution in [0.2, 0.25) is 5.02 Å². The summed E-state index contributed by atoms with van der Waals surface area (Å²) in [4.78, 5) is 25.2. The van der Waals surface area contributed by atoms with Gasteiger partial charge in [-0.1, -0.05) is 11.6 Å². The maximum absolute atomic E-state index is 13.4. The van der Waals surface area contributed by atoms with Gasteiger partial charge in [-0.25, -0.2) is 19.4 Å². The Bertz CT molecular complexity index is 1510. The molecule has 0 radical (unpaired) electrons. The van der Waals surface area contributed by atoms with Gasteiger partial charge in [-0.15, -0.1) is 0 Å². The van der Waals surface area contributed by atoms with E-state index in [0.29, 0.717) is 22.0 Å². The zero-order valence-corrected chi connectivity index (χ0v) is 21.2. The van der Waals surface area contributed by atoms with E-state index in [1.807, 2.05) is 0 Å². The number of nitrogens with zero attached hydrogens (tertiary/aromatic N) is 5. The van der Waals surface area contributed by atoms with E-state index in [0.717, 1.165) is 10.7 Å². The van der Waals surface area contributed by atoms with Crippen molar-refractivity contribution in [3.8, 4) is 28.6 Å². The van der Waals surface area contributed by atoms with Crippen LogP contribution in [0.4, 0.5) is 24.8 Å². The molecule has 0 aliphatic rings. The minimum Gasteiger partial charge on any atom is -0.497 e. The van der Waals surface area contributed by atoms with Crippen molar-refractivity contribution in [2.24, 2.45) is 0 Å². The molecule has 0 amide bonds. The Morgan fingerprint density at radius 1 is 1.03 bits per heavy atom. The number of hydrogen-bond acceptors (Lipinski definition) is 9. The van der Waals surface area contributed by atoms with E-state index in [1.165, 1.54) is 46.7 Å². The molecule has 1 N–H and O–H groups in total. The maximum atomic E-state index is 13.4. The highest BCUT2D eigenvalue weighted by molar-refractivity contribution is 6.31. The van der Waals surface area contributed by atoms with Crippen LogP contribution in [0.15, 0.2) is 42.7 Å². The van der Waals surface area contributed by atoms with Gasteiger partial charge in [0.25, 0.3) is 0 Å². The number of alkyl halides is 3. The Morgan fingerprint density at radius 3 is 2.42 bits per heavy atom. The minimum atomic E-state index is -4.68. The molecule has 0 unspecified atom stereocenters. The van der Waals surface area contributed by atoms with Crippen molar-refractivity contribution in [2.75, 3.05) is 26.6 Å². The minimum absolute atomic E-state index is 0.000146. The summed E-state index contributed by atoms with van der Waals surface area (Å²) < 4.78 is 56.5. The van der Waals surface area contributed by atoms with Crippen LogP contribution in [0, 0.1) is 6.92 Å². The third kappa shape index (κ3) is 5.47. The van der Waals surface area contributed by atoms with Crippen molar-refractivity contribution < 1.29 is 32.2 Å². The molecule has 0 atom stereocenters. The predicted molar refractivity (Wildman–Crippen MR) is 131 cm³/mol. The largest absolute Gasteiger partial charge is 0.497 e. The second kappa shape index (κ2) is 10.5. The van der Waals surface area contributed by atoms with Crippen LogP contribution in [-0.4, -0.2) is 52.0 Å². The van der Waals surface area contributed by atoms with Crippen LogP contribution in [0.25, 0.3) is 16.9 Å². The number of rotatable bonds is 7. The van der Waals surface area contributed by atoms with Crippen molar-refractivity contribution >= 4 is 29.2 Å². The van der Waals surface area contributed by atoms with E-state index in [-0.39, 0.29) is 34.5 Å². The van der Waals surface area contributed by atoms with Crippen LogP contribution in [0.5, 0.6) is 11.6 Å². The van der Waals surface area contributed by atoms with Crippen molar-refractivity contribution in [3.05, 3.63) is 64.7 Å². The number of ether oxygens (including phenoxy) is 3. The Hall–Kier alpha value is -4.39. The van der Waals surface area contributed by atoms with Crippen LogP contribution < -0.4 is 14.8 Å². The van der Waals surface area contributed by atoms with Crippen LogP contribution in [-0.2, 0) is 10.9 Å². The van der Waals surface area contributed by atoms with E-state index in [4.69, 9.17) is 25.8 Å². The van der Waals surface area contributed by atoms with E-state index in [1.54, 1.807) is 18.2 Å². The summed E-state index contributed by atoms with van der Waals surface area (Å²) in [5.74, 6) is -0.222. The molecule has 3 aromatic heterocycles. The third-order valence-electron chi connectivity index (χ3n) is 5.27. The monoisotopic (exact) mass is 548 g/mol. The summed E-state index contributed by atoms with van der Waals surface area (Å²) >= 11 is 6.13. The van der Waals surface area contributed by atoms with Gasteiger partial charge in [0.05, 0.1) is 21.3 Å². The second-order valence-electron chi connectivity index (χ2n) is 7.79. The third-order valence-corrected chi connectivity index (χ3v) is 5.49. The molecule has 4 rings (SSSR count). The first-order valence-corrected chi connectivity index (χ1v) is 11.2. The molecule has 1 aromatic carbocycles. The number of pyridine rings is 1. The number of halogens is 4. The van der Waals surface area contributed by atoms with Crippen molar-refractivity contribution in [2.45, 2.75) is 13.1 Å². The smallest absolute Gasteiger partial charge is 0.435 e. The summed E-state index contributed by atoms with van der Waals surface area (Å²) in [5, 5.41) is 7.07. The summed E-state index contributed by atoms with van der Waals surface area (Å²) in [5.41, 5.74) is 0.0688. The number of aromatic nitrogens is 5. The highest BCUT2D eigenvalue weighted by Gasteiger charge is 2.35. The van der Waals surface area contributed by atoms with Gasteiger partial charge < -0.3 is 19.5 Å². The number of carbonyl (C=O) groups is 1. The lowest BCUT2D eigenvalue weighted by atomic mass is 10.1. The lowest BCUT2D eigenvalue weighted by molar-refractivity contribution is -0.141. The summed E-state index contributed by atoms with van der Waals surface area (Å²) in [6.45, 7) is 1.45. The number of nitrogens with one attached hydrogen (secondary N) is 1. The average Bonchev–Trinajstić information content (AvgIpc) is 3.29. The van der Waals surface area contributed by atoms with Gasteiger partial charge in [-0.2, -0.15) is 23.3 Å². The molecule has 10 nitrogen and oxygen atoms in total. The fraction of sp³-hybridized carbons (Fsp3) is 0.208. The number of carbonyl (C=O) groups excluding carboxylic acids is 1. The van der Waals surface area contributed by atoms with Gasteiger partial charge >= 0.3 is 12.1 Å². The van der Waals surface area contributed by atoms with Crippen LogP contribution >= 0.6 is 11.6 Å². The number of aryl methyl sites for hydroxylation is 1. The summed E-state index contributed by atoms with van der Waals surface area (Å²) in [6.07, 6.45) is -1.95. The number of anilines is 2. The fourth-order valence-electron chi connectivity index (χ4n) is 3.53. The first kappa shape index (κ1) is 26.7. The van der Waals surface area contributed by atoms with Gasteiger partial charge in [-0.3, -0.25) is 0 Å². The Labute approximate surface area is 219 Å². The Kier molecular flexibility index (Phi) is 7.39. The van der Waals surface area contributed by atoms with Gasteiger partial charge in [-0.05, 0) is 31.2 Å². The lowest BCUT2D eigenvalue weighted by Crippen LogP contribution is -2.11. The quantitative estimate of drug-likeness (QED) is 0.309. The molecule has 3 heterocycles. The number of methoxy groups -OCH3 is 3. The molecule has 0 fully saturated rings. The van der Waals surface area contributed by atoms with Gasteiger partial charge in [0.1, 0.15) is 11.3 Å². The standard InChI is InChI=1S/C24H20ClF3N6O4/c1-12-5-19(24(26,27)28)33-34(12)20-18(13-6-17(22(35)38-4)21(37-3)29-10-13)11-30-23(32-20)31-15-7-14(25)8-16(9-15)36-2/h5-11H,1-4H3,(H,30,31,32).